The van der Waals surface area contributed by atoms with E-state index in [4.69, 9.17) is 14.2 Å². The summed E-state index contributed by atoms with van der Waals surface area (Å²) < 4.78 is 43.0. The molecule has 0 atom stereocenters. The van der Waals surface area contributed by atoms with Gasteiger partial charge in [0.15, 0.2) is 0 Å². The highest BCUT2D eigenvalue weighted by atomic mass is 32.2. The van der Waals surface area contributed by atoms with Gasteiger partial charge in [0.1, 0.15) is 5.75 Å². The first-order chi connectivity index (χ1) is 15.9. The first-order valence-electron chi connectivity index (χ1n) is 10.7. The summed E-state index contributed by atoms with van der Waals surface area (Å²) in [6.45, 7) is 3.24. The molecule has 1 aliphatic heterocycles. The number of morpholine rings is 1. The van der Waals surface area contributed by atoms with Crippen LogP contribution in [0.3, 0.4) is 0 Å². The van der Waals surface area contributed by atoms with Gasteiger partial charge in [-0.25, -0.2) is 13.2 Å². The Bertz CT molecular complexity index is 1100. The maximum atomic E-state index is 13.0. The number of rotatable bonds is 9. The first-order valence-corrected chi connectivity index (χ1v) is 12.1. The maximum absolute atomic E-state index is 13.0. The van der Waals surface area contributed by atoms with E-state index in [9.17, 15) is 18.0 Å². The van der Waals surface area contributed by atoms with Gasteiger partial charge in [-0.3, -0.25) is 4.79 Å². The van der Waals surface area contributed by atoms with Crippen LogP contribution in [0.25, 0.3) is 0 Å². The van der Waals surface area contributed by atoms with Crippen molar-refractivity contribution in [2.75, 3.05) is 45.3 Å². The predicted molar refractivity (Wildman–Crippen MR) is 122 cm³/mol. The Balaban J connectivity index is 1.73. The summed E-state index contributed by atoms with van der Waals surface area (Å²) in [7, 11) is -2.18. The first kappa shape index (κ1) is 24.7. The zero-order chi connectivity index (χ0) is 23.8. The van der Waals surface area contributed by atoms with Crippen molar-refractivity contribution < 1.29 is 32.2 Å². The summed E-state index contributed by atoms with van der Waals surface area (Å²) in [5, 5.41) is 2.73. The molecule has 1 N–H and O–H groups in total. The van der Waals surface area contributed by atoms with Crippen molar-refractivity contribution in [2.45, 2.75) is 24.7 Å². The molecule has 0 radical (unpaired) electrons. The van der Waals surface area contributed by atoms with Gasteiger partial charge < -0.3 is 19.5 Å². The van der Waals surface area contributed by atoms with E-state index in [-0.39, 0.29) is 35.8 Å². The molecule has 1 saturated heterocycles. The number of carbonyl (C=O) groups is 2. The van der Waals surface area contributed by atoms with Crippen molar-refractivity contribution in [1.82, 2.24) is 4.31 Å². The molecule has 9 nitrogen and oxygen atoms in total. The fourth-order valence-corrected chi connectivity index (χ4v) is 4.95. The highest BCUT2D eigenvalue weighted by molar-refractivity contribution is 7.89. The summed E-state index contributed by atoms with van der Waals surface area (Å²) in [4.78, 5) is 24.9. The Kier molecular flexibility index (Phi) is 8.43. The number of ether oxygens (including phenoxy) is 3. The zero-order valence-corrected chi connectivity index (χ0v) is 19.5. The van der Waals surface area contributed by atoms with E-state index in [2.05, 4.69) is 5.32 Å². The molecule has 0 saturated carbocycles. The van der Waals surface area contributed by atoms with Gasteiger partial charge >= 0.3 is 5.97 Å². The lowest BCUT2D eigenvalue weighted by Gasteiger charge is -2.26. The monoisotopic (exact) mass is 476 g/mol. The molecule has 178 valence electrons. The van der Waals surface area contributed by atoms with E-state index in [1.54, 1.807) is 43.3 Å². The van der Waals surface area contributed by atoms with Crippen LogP contribution in [0.1, 0.15) is 29.3 Å². The Labute approximate surface area is 193 Å². The number of hydrogen-bond donors (Lipinski definition) is 1. The predicted octanol–water partition coefficient (Wildman–Crippen LogP) is 2.46. The number of carbonyl (C=O) groups excluding carboxylic acids is 2. The molecule has 0 aliphatic carbocycles. The molecule has 0 aromatic heterocycles. The quantitative estimate of drug-likeness (QED) is 0.554. The van der Waals surface area contributed by atoms with Crippen LogP contribution in [-0.4, -0.2) is 64.6 Å². The van der Waals surface area contributed by atoms with Gasteiger partial charge in [0, 0.05) is 19.5 Å². The van der Waals surface area contributed by atoms with E-state index in [0.717, 1.165) is 0 Å². The molecule has 3 rings (SSSR count). The van der Waals surface area contributed by atoms with Crippen molar-refractivity contribution >= 4 is 27.6 Å². The molecule has 0 bridgehead atoms. The van der Waals surface area contributed by atoms with Gasteiger partial charge in [0.2, 0.25) is 15.9 Å². The van der Waals surface area contributed by atoms with E-state index in [1.165, 1.54) is 17.5 Å². The van der Waals surface area contributed by atoms with Crippen molar-refractivity contribution in [1.29, 1.82) is 0 Å². The van der Waals surface area contributed by atoms with E-state index in [1.807, 2.05) is 0 Å². The van der Waals surface area contributed by atoms with Crippen LogP contribution < -0.4 is 10.1 Å². The second-order valence-electron chi connectivity index (χ2n) is 7.30. The zero-order valence-electron chi connectivity index (χ0n) is 18.7. The maximum Gasteiger partial charge on any atom is 0.340 e. The number of methoxy groups -OCH3 is 1. The average molecular weight is 477 g/mol. The third-order valence-corrected chi connectivity index (χ3v) is 7.07. The molecule has 1 amide bonds. The van der Waals surface area contributed by atoms with Crippen LogP contribution in [0.15, 0.2) is 47.4 Å². The smallest absolute Gasteiger partial charge is 0.340 e. The molecule has 1 fully saturated rings. The van der Waals surface area contributed by atoms with Crippen molar-refractivity contribution in [3.63, 3.8) is 0 Å². The van der Waals surface area contributed by atoms with E-state index in [0.29, 0.717) is 43.3 Å². The number of hydrogen-bond acceptors (Lipinski definition) is 7. The molecule has 0 unspecified atom stereocenters. The standard InChI is InChI=1S/C23H28N2O7S/c1-3-32-23(27)19-6-4-5-7-20(19)24-22(26)11-8-17-16-18(9-10-21(17)30-2)33(28,29)25-12-14-31-15-13-25/h4-7,9-10,16H,3,8,11-15H2,1-2H3,(H,24,26). The number of esters is 1. The molecule has 2 aromatic rings. The van der Waals surface area contributed by atoms with Gasteiger partial charge in [0.05, 0.1) is 43.1 Å². The minimum atomic E-state index is -3.67. The van der Waals surface area contributed by atoms with Gasteiger partial charge in [-0.15, -0.1) is 0 Å². The number of nitrogens with one attached hydrogen (secondary N) is 1. The van der Waals surface area contributed by atoms with Crippen LogP contribution in [0.5, 0.6) is 5.75 Å². The molecule has 10 heteroatoms. The number of anilines is 1. The van der Waals surface area contributed by atoms with Gasteiger partial charge in [0.25, 0.3) is 0 Å². The second kappa shape index (κ2) is 11.3. The molecule has 1 heterocycles. The van der Waals surface area contributed by atoms with Crippen LogP contribution in [0.4, 0.5) is 5.69 Å². The van der Waals surface area contributed by atoms with Crippen LogP contribution in [0, 0.1) is 0 Å². The topological polar surface area (TPSA) is 111 Å². The number of para-hydroxylation sites is 1. The number of amides is 1. The van der Waals surface area contributed by atoms with E-state index < -0.39 is 16.0 Å². The summed E-state index contributed by atoms with van der Waals surface area (Å²) in [5.41, 5.74) is 1.22. The second-order valence-corrected chi connectivity index (χ2v) is 9.24. The highest BCUT2D eigenvalue weighted by Crippen LogP contribution is 2.26. The third kappa shape index (κ3) is 6.10. The number of benzene rings is 2. The van der Waals surface area contributed by atoms with Gasteiger partial charge in [-0.2, -0.15) is 4.31 Å². The number of aryl methyl sites for hydroxylation is 1. The Morgan fingerprint density at radius 3 is 2.55 bits per heavy atom. The summed E-state index contributed by atoms with van der Waals surface area (Å²) in [6, 6.07) is 11.2. The largest absolute Gasteiger partial charge is 0.496 e. The molecule has 2 aromatic carbocycles. The molecular weight excluding hydrogens is 448 g/mol. The van der Waals surface area contributed by atoms with Crippen LogP contribution in [-0.2, 0) is 30.7 Å². The minimum absolute atomic E-state index is 0.0641. The minimum Gasteiger partial charge on any atom is -0.496 e. The summed E-state index contributed by atoms with van der Waals surface area (Å²) in [6.07, 6.45) is 0.317. The Morgan fingerprint density at radius 1 is 1.12 bits per heavy atom. The fraction of sp³-hybridized carbons (Fsp3) is 0.391. The Hall–Kier alpha value is -2.95. The number of nitrogens with zero attached hydrogens (tertiary/aromatic N) is 1. The summed E-state index contributed by atoms with van der Waals surface area (Å²) in [5.74, 6) is -0.345. The molecule has 0 spiro atoms. The third-order valence-electron chi connectivity index (χ3n) is 5.18. The lowest BCUT2D eigenvalue weighted by molar-refractivity contribution is -0.116. The average Bonchev–Trinajstić information content (AvgIpc) is 2.83. The van der Waals surface area contributed by atoms with Crippen LogP contribution in [0.2, 0.25) is 0 Å². The van der Waals surface area contributed by atoms with Crippen molar-refractivity contribution in [3.05, 3.63) is 53.6 Å². The lowest BCUT2D eigenvalue weighted by Crippen LogP contribution is -2.40. The molecule has 1 aliphatic rings. The molecule has 33 heavy (non-hydrogen) atoms. The van der Waals surface area contributed by atoms with Gasteiger partial charge in [-0.1, -0.05) is 12.1 Å². The van der Waals surface area contributed by atoms with Gasteiger partial charge in [-0.05, 0) is 49.2 Å². The molecular formula is C23H28N2O7S. The normalized spacial score (nSPS) is 14.5. The summed E-state index contributed by atoms with van der Waals surface area (Å²) >= 11 is 0. The SMILES string of the molecule is CCOC(=O)c1ccccc1NC(=O)CCc1cc(S(=O)(=O)N2CCOCC2)ccc1OC. The van der Waals surface area contributed by atoms with Crippen molar-refractivity contribution in [2.24, 2.45) is 0 Å². The Morgan fingerprint density at radius 2 is 1.85 bits per heavy atom. The fourth-order valence-electron chi connectivity index (χ4n) is 3.49. The van der Waals surface area contributed by atoms with Crippen molar-refractivity contribution in [3.8, 4) is 5.75 Å². The number of sulfonamides is 1. The highest BCUT2D eigenvalue weighted by Gasteiger charge is 2.27. The van der Waals surface area contributed by atoms with Crippen LogP contribution >= 0.6 is 0 Å². The lowest BCUT2D eigenvalue weighted by atomic mass is 10.1. The van der Waals surface area contributed by atoms with E-state index >= 15 is 0 Å².